The van der Waals surface area contributed by atoms with Crippen molar-refractivity contribution in [3.8, 4) is 5.69 Å². The highest BCUT2D eigenvalue weighted by Crippen LogP contribution is 2.19. The molecule has 0 atom stereocenters. The number of aromatic amines is 1. The van der Waals surface area contributed by atoms with Gasteiger partial charge >= 0.3 is 5.69 Å². The van der Waals surface area contributed by atoms with Crippen molar-refractivity contribution < 1.29 is 0 Å². The second kappa shape index (κ2) is 3.59. The molecule has 4 heteroatoms. The molecule has 1 aromatic carbocycles. The van der Waals surface area contributed by atoms with E-state index in [4.69, 9.17) is 0 Å². The maximum absolute atomic E-state index is 11.6. The topological polar surface area (TPSA) is 50.7 Å². The molecular formula is C13H11N3O. The molecule has 0 fully saturated rings. The van der Waals surface area contributed by atoms with Gasteiger partial charge in [0, 0.05) is 23.5 Å². The van der Waals surface area contributed by atoms with Crippen molar-refractivity contribution in [1.82, 2.24) is 14.5 Å². The SMILES string of the molecule is Cc1ccc2cccc(-n3cc[nH]c3=O)c2n1. The van der Waals surface area contributed by atoms with Crippen molar-refractivity contribution in [3.05, 3.63) is 58.9 Å². The van der Waals surface area contributed by atoms with E-state index in [1.165, 1.54) is 0 Å². The normalized spacial score (nSPS) is 10.9. The average molecular weight is 225 g/mol. The molecule has 2 aromatic heterocycles. The van der Waals surface area contributed by atoms with E-state index in [9.17, 15) is 4.79 Å². The molecule has 2 heterocycles. The quantitative estimate of drug-likeness (QED) is 0.688. The fraction of sp³-hybridized carbons (Fsp3) is 0.0769. The fourth-order valence-electron chi connectivity index (χ4n) is 1.93. The van der Waals surface area contributed by atoms with E-state index in [-0.39, 0.29) is 5.69 Å². The lowest BCUT2D eigenvalue weighted by molar-refractivity contribution is 0.990. The number of H-pyrrole nitrogens is 1. The number of para-hydroxylation sites is 1. The number of hydrogen-bond donors (Lipinski definition) is 1. The molecule has 0 unspecified atom stereocenters. The third-order valence-electron chi connectivity index (χ3n) is 2.75. The fourth-order valence-corrected chi connectivity index (χ4v) is 1.93. The molecule has 3 rings (SSSR count). The van der Waals surface area contributed by atoms with E-state index in [0.717, 1.165) is 22.3 Å². The number of aromatic nitrogens is 3. The molecule has 0 spiro atoms. The van der Waals surface area contributed by atoms with E-state index < -0.39 is 0 Å². The second-order valence-corrected chi connectivity index (χ2v) is 3.94. The monoisotopic (exact) mass is 225 g/mol. The summed E-state index contributed by atoms with van der Waals surface area (Å²) in [6.45, 7) is 1.94. The Morgan fingerprint density at radius 2 is 2.12 bits per heavy atom. The van der Waals surface area contributed by atoms with Crippen LogP contribution in [0.3, 0.4) is 0 Å². The molecule has 0 saturated heterocycles. The van der Waals surface area contributed by atoms with Gasteiger partial charge in [-0.05, 0) is 19.1 Å². The predicted octanol–water partition coefficient (Wildman–Crippen LogP) is 2.02. The summed E-state index contributed by atoms with van der Waals surface area (Å²) in [4.78, 5) is 18.8. The largest absolute Gasteiger partial charge is 0.330 e. The summed E-state index contributed by atoms with van der Waals surface area (Å²) >= 11 is 0. The van der Waals surface area contributed by atoms with Crippen LogP contribution in [0.15, 0.2) is 47.5 Å². The summed E-state index contributed by atoms with van der Waals surface area (Å²) in [5, 5.41) is 1.03. The van der Waals surface area contributed by atoms with Crippen LogP contribution in [0.5, 0.6) is 0 Å². The molecule has 4 nitrogen and oxygen atoms in total. The third kappa shape index (κ3) is 1.54. The van der Waals surface area contributed by atoms with Gasteiger partial charge in [0.05, 0.1) is 11.2 Å². The lowest BCUT2D eigenvalue weighted by Gasteiger charge is -2.06. The molecular weight excluding hydrogens is 214 g/mol. The van der Waals surface area contributed by atoms with Crippen LogP contribution >= 0.6 is 0 Å². The minimum absolute atomic E-state index is 0.152. The van der Waals surface area contributed by atoms with Crippen molar-refractivity contribution in [2.75, 3.05) is 0 Å². The van der Waals surface area contributed by atoms with Crippen LogP contribution in [0.1, 0.15) is 5.69 Å². The highest BCUT2D eigenvalue weighted by atomic mass is 16.1. The number of hydrogen-bond acceptors (Lipinski definition) is 2. The third-order valence-corrected chi connectivity index (χ3v) is 2.75. The van der Waals surface area contributed by atoms with Gasteiger partial charge in [0.15, 0.2) is 0 Å². The van der Waals surface area contributed by atoms with Gasteiger partial charge in [-0.3, -0.25) is 9.55 Å². The van der Waals surface area contributed by atoms with Crippen LogP contribution in [0, 0.1) is 6.92 Å². The first-order chi connectivity index (χ1) is 8.25. The molecule has 0 amide bonds. The minimum atomic E-state index is -0.152. The number of imidazole rings is 1. The number of fused-ring (bicyclic) bond motifs is 1. The smallest absolute Gasteiger partial charge is 0.312 e. The Morgan fingerprint density at radius 3 is 2.88 bits per heavy atom. The van der Waals surface area contributed by atoms with Gasteiger partial charge in [-0.25, -0.2) is 4.79 Å². The molecule has 3 aromatic rings. The Bertz CT molecular complexity index is 740. The number of rotatable bonds is 1. The zero-order valence-electron chi connectivity index (χ0n) is 9.34. The summed E-state index contributed by atoms with van der Waals surface area (Å²) in [6.07, 6.45) is 3.33. The van der Waals surface area contributed by atoms with Crippen molar-refractivity contribution in [2.45, 2.75) is 6.92 Å². The van der Waals surface area contributed by atoms with Gasteiger partial charge in [-0.2, -0.15) is 0 Å². The average Bonchev–Trinajstić information content (AvgIpc) is 2.74. The first-order valence-corrected chi connectivity index (χ1v) is 5.38. The van der Waals surface area contributed by atoms with E-state index in [2.05, 4.69) is 9.97 Å². The summed E-state index contributed by atoms with van der Waals surface area (Å²) in [5.74, 6) is 0. The summed E-state index contributed by atoms with van der Waals surface area (Å²) < 4.78 is 1.56. The van der Waals surface area contributed by atoms with Crippen molar-refractivity contribution in [1.29, 1.82) is 0 Å². The zero-order valence-corrected chi connectivity index (χ0v) is 9.34. The van der Waals surface area contributed by atoms with Crippen LogP contribution in [0.2, 0.25) is 0 Å². The second-order valence-electron chi connectivity index (χ2n) is 3.94. The maximum Gasteiger partial charge on any atom is 0.330 e. The highest BCUT2D eigenvalue weighted by molar-refractivity contribution is 5.86. The molecule has 84 valence electrons. The van der Waals surface area contributed by atoms with Crippen LogP contribution in [-0.2, 0) is 0 Å². The number of pyridine rings is 1. The Balaban J connectivity index is 2.41. The van der Waals surface area contributed by atoms with Gasteiger partial charge in [0.2, 0.25) is 0 Å². The zero-order chi connectivity index (χ0) is 11.8. The number of benzene rings is 1. The molecule has 0 aliphatic rings. The van der Waals surface area contributed by atoms with Crippen molar-refractivity contribution in [3.63, 3.8) is 0 Å². The molecule has 17 heavy (non-hydrogen) atoms. The Morgan fingerprint density at radius 1 is 1.24 bits per heavy atom. The number of nitrogens with zero attached hydrogens (tertiary/aromatic N) is 2. The van der Waals surface area contributed by atoms with Gasteiger partial charge in [0.25, 0.3) is 0 Å². The van der Waals surface area contributed by atoms with Crippen LogP contribution in [0.25, 0.3) is 16.6 Å². The minimum Gasteiger partial charge on any atom is -0.312 e. The Labute approximate surface area is 97.6 Å². The number of nitrogens with one attached hydrogen (secondary N) is 1. The van der Waals surface area contributed by atoms with Crippen molar-refractivity contribution >= 4 is 10.9 Å². The predicted molar refractivity (Wildman–Crippen MR) is 66.4 cm³/mol. The van der Waals surface area contributed by atoms with Gasteiger partial charge in [-0.1, -0.05) is 18.2 Å². The lowest BCUT2D eigenvalue weighted by Crippen LogP contribution is -2.14. The summed E-state index contributed by atoms with van der Waals surface area (Å²) in [5.41, 5.74) is 2.43. The summed E-state index contributed by atoms with van der Waals surface area (Å²) in [6, 6.07) is 9.78. The van der Waals surface area contributed by atoms with E-state index in [1.807, 2.05) is 37.3 Å². The highest BCUT2D eigenvalue weighted by Gasteiger charge is 2.06. The van der Waals surface area contributed by atoms with Crippen molar-refractivity contribution in [2.24, 2.45) is 0 Å². The van der Waals surface area contributed by atoms with E-state index in [0.29, 0.717) is 0 Å². The summed E-state index contributed by atoms with van der Waals surface area (Å²) in [7, 11) is 0. The van der Waals surface area contributed by atoms with Gasteiger partial charge in [-0.15, -0.1) is 0 Å². The first-order valence-electron chi connectivity index (χ1n) is 5.38. The molecule has 0 saturated carbocycles. The van der Waals surface area contributed by atoms with E-state index >= 15 is 0 Å². The molecule has 1 N–H and O–H groups in total. The van der Waals surface area contributed by atoms with Crippen LogP contribution in [0.4, 0.5) is 0 Å². The number of aryl methyl sites for hydroxylation is 1. The van der Waals surface area contributed by atoms with E-state index in [1.54, 1.807) is 17.0 Å². The molecule has 0 radical (unpaired) electrons. The Kier molecular flexibility index (Phi) is 2.08. The standard InChI is InChI=1S/C13H11N3O/c1-9-5-6-10-3-2-4-11(12(10)15-9)16-8-7-14-13(16)17/h2-8H,1H3,(H,14,17). The lowest BCUT2D eigenvalue weighted by atomic mass is 10.2. The molecule has 0 aliphatic carbocycles. The first kappa shape index (κ1) is 9.84. The van der Waals surface area contributed by atoms with Gasteiger partial charge in [0.1, 0.15) is 0 Å². The molecule has 0 bridgehead atoms. The van der Waals surface area contributed by atoms with Gasteiger partial charge < -0.3 is 4.98 Å². The Hall–Kier alpha value is -2.36. The van der Waals surface area contributed by atoms with Crippen LogP contribution in [-0.4, -0.2) is 14.5 Å². The maximum atomic E-state index is 11.6. The van der Waals surface area contributed by atoms with Crippen LogP contribution < -0.4 is 5.69 Å². The molecule has 0 aliphatic heterocycles.